The summed E-state index contributed by atoms with van der Waals surface area (Å²) >= 11 is 1.37. The zero-order valence-corrected chi connectivity index (χ0v) is 17.6. The van der Waals surface area contributed by atoms with Gasteiger partial charge in [0.1, 0.15) is 11.6 Å². The van der Waals surface area contributed by atoms with Gasteiger partial charge in [-0.25, -0.2) is 0 Å². The minimum atomic E-state index is -0.372. The van der Waals surface area contributed by atoms with Crippen molar-refractivity contribution in [3.63, 3.8) is 0 Å². The molecule has 4 rings (SSSR count). The van der Waals surface area contributed by atoms with Crippen molar-refractivity contribution >= 4 is 34.7 Å². The second kappa shape index (κ2) is 7.40. The van der Waals surface area contributed by atoms with Gasteiger partial charge in [0.05, 0.1) is 12.2 Å². The summed E-state index contributed by atoms with van der Waals surface area (Å²) in [6, 6.07) is 9.96. The van der Waals surface area contributed by atoms with Crippen LogP contribution in [0.3, 0.4) is 0 Å². The Kier molecular flexibility index (Phi) is 4.92. The second-order valence-electron chi connectivity index (χ2n) is 6.91. The lowest BCUT2D eigenvalue weighted by Gasteiger charge is -2.25. The molecule has 1 amide bonds. The molecule has 0 aliphatic carbocycles. The fraction of sp³-hybridized carbons (Fsp3) is 0.227. The highest BCUT2D eigenvalue weighted by Gasteiger charge is 2.34. The minimum absolute atomic E-state index is 0.171. The summed E-state index contributed by atoms with van der Waals surface area (Å²) in [7, 11) is 0. The molecule has 0 saturated carbocycles. The number of aromatic nitrogens is 1. The Labute approximate surface area is 174 Å². The van der Waals surface area contributed by atoms with Crippen LogP contribution in [0.15, 0.2) is 52.0 Å². The molecule has 0 bridgehead atoms. The number of thioether (sulfide) groups is 1. The number of nitrogens with one attached hydrogen (secondary N) is 1. The van der Waals surface area contributed by atoms with E-state index in [2.05, 4.69) is 9.56 Å². The summed E-state index contributed by atoms with van der Waals surface area (Å²) < 4.78 is 7.66. The molecule has 0 fully saturated rings. The lowest BCUT2D eigenvalue weighted by atomic mass is 10.1. The van der Waals surface area contributed by atoms with Crippen molar-refractivity contribution in [1.29, 1.82) is 5.41 Å². The van der Waals surface area contributed by atoms with Crippen molar-refractivity contribution in [3.8, 4) is 11.4 Å². The first-order valence-electron chi connectivity index (χ1n) is 9.40. The van der Waals surface area contributed by atoms with E-state index in [1.165, 1.54) is 11.8 Å². The number of benzene rings is 1. The summed E-state index contributed by atoms with van der Waals surface area (Å²) in [6.07, 6.45) is 1.77. The molecule has 2 aromatic rings. The zero-order chi connectivity index (χ0) is 20.7. The van der Waals surface area contributed by atoms with Crippen LogP contribution in [0.1, 0.15) is 30.8 Å². The molecule has 29 heavy (non-hydrogen) atoms. The Morgan fingerprint density at radius 1 is 1.21 bits per heavy atom. The minimum Gasteiger partial charge on any atom is -0.494 e. The third kappa shape index (κ3) is 3.31. The smallest absolute Gasteiger partial charge is 0.283 e. The van der Waals surface area contributed by atoms with E-state index >= 15 is 0 Å². The highest BCUT2D eigenvalue weighted by molar-refractivity contribution is 8.16. The topological polar surface area (TPSA) is 70.7 Å². The maximum atomic E-state index is 12.5. The van der Waals surface area contributed by atoms with E-state index in [-0.39, 0.29) is 11.7 Å². The number of allylic oxidation sites excluding steroid dienone is 1. The molecule has 0 atom stereocenters. The third-order valence-corrected chi connectivity index (χ3v) is 5.90. The molecule has 3 heterocycles. The van der Waals surface area contributed by atoms with Gasteiger partial charge in [-0.1, -0.05) is 11.8 Å². The monoisotopic (exact) mass is 406 g/mol. The van der Waals surface area contributed by atoms with Gasteiger partial charge in [-0.2, -0.15) is 4.99 Å². The van der Waals surface area contributed by atoms with Crippen LogP contribution < -0.4 is 4.74 Å². The molecule has 0 radical (unpaired) electrons. The van der Waals surface area contributed by atoms with Crippen LogP contribution >= 0.6 is 11.8 Å². The van der Waals surface area contributed by atoms with Crippen LogP contribution in [-0.2, 0) is 4.79 Å². The fourth-order valence-corrected chi connectivity index (χ4v) is 4.44. The highest BCUT2D eigenvalue weighted by Crippen LogP contribution is 2.32. The molecule has 0 unspecified atom stereocenters. The first-order chi connectivity index (χ1) is 13.9. The number of ether oxygens (including phenoxy) is 1. The van der Waals surface area contributed by atoms with E-state index in [1.807, 2.05) is 63.4 Å². The standard InChI is InChI=1S/C22H22N4O2S/c1-5-28-18-8-6-17(7-9-18)25-13(2)10-16(15(25)4)11-19-20(23)26-14(3)12-29-22(26)24-21(19)27/h6-12,23H,5H2,1-4H3/b19-11-,23-20?. The number of nitrogens with zero attached hydrogens (tertiary/aromatic N) is 3. The van der Waals surface area contributed by atoms with E-state index in [4.69, 9.17) is 10.1 Å². The number of fused-ring (bicyclic) bond motifs is 1. The predicted molar refractivity (Wildman–Crippen MR) is 118 cm³/mol. The molecule has 1 N–H and O–H groups in total. The average Bonchev–Trinajstić information content (AvgIpc) is 3.19. The molecule has 1 aromatic heterocycles. The van der Waals surface area contributed by atoms with Crippen molar-refractivity contribution in [3.05, 3.63) is 64.0 Å². The zero-order valence-electron chi connectivity index (χ0n) is 16.8. The van der Waals surface area contributed by atoms with Crippen LogP contribution in [-0.4, -0.2) is 33.0 Å². The number of rotatable bonds is 4. The van der Waals surface area contributed by atoms with Gasteiger partial charge in [-0.05, 0) is 75.1 Å². The first kappa shape index (κ1) is 19.3. The van der Waals surface area contributed by atoms with E-state index in [1.54, 1.807) is 11.0 Å². The van der Waals surface area contributed by atoms with Crippen molar-refractivity contribution in [2.75, 3.05) is 6.61 Å². The Morgan fingerprint density at radius 3 is 2.62 bits per heavy atom. The summed E-state index contributed by atoms with van der Waals surface area (Å²) in [6.45, 7) is 8.55. The molecule has 7 heteroatoms. The molecule has 1 aromatic carbocycles. The Bertz CT molecular complexity index is 1110. The van der Waals surface area contributed by atoms with Crippen molar-refractivity contribution in [1.82, 2.24) is 9.47 Å². The Morgan fingerprint density at radius 2 is 1.93 bits per heavy atom. The number of amidine groups is 2. The van der Waals surface area contributed by atoms with E-state index in [0.717, 1.165) is 34.1 Å². The van der Waals surface area contributed by atoms with E-state index < -0.39 is 0 Å². The highest BCUT2D eigenvalue weighted by atomic mass is 32.2. The van der Waals surface area contributed by atoms with Gasteiger partial charge >= 0.3 is 0 Å². The molecule has 2 aliphatic heterocycles. The summed E-state index contributed by atoms with van der Waals surface area (Å²) in [5.74, 6) is 0.634. The number of hydrogen-bond acceptors (Lipinski definition) is 4. The number of amides is 1. The van der Waals surface area contributed by atoms with Gasteiger partial charge < -0.3 is 9.30 Å². The Balaban J connectivity index is 1.72. The van der Waals surface area contributed by atoms with Gasteiger partial charge in [0.25, 0.3) is 5.91 Å². The molecule has 0 saturated heterocycles. The summed E-state index contributed by atoms with van der Waals surface area (Å²) in [5.41, 5.74) is 5.17. The molecular formula is C22H22N4O2S. The predicted octanol–water partition coefficient (Wildman–Crippen LogP) is 4.66. The van der Waals surface area contributed by atoms with Gasteiger partial charge in [0.2, 0.25) is 0 Å². The van der Waals surface area contributed by atoms with Gasteiger partial charge in [0, 0.05) is 22.8 Å². The van der Waals surface area contributed by atoms with Gasteiger partial charge in [0.15, 0.2) is 5.17 Å². The second-order valence-corrected chi connectivity index (χ2v) is 7.74. The largest absolute Gasteiger partial charge is 0.494 e. The van der Waals surface area contributed by atoms with Gasteiger partial charge in [-0.15, -0.1) is 0 Å². The molecule has 6 nitrogen and oxygen atoms in total. The lowest BCUT2D eigenvalue weighted by Crippen LogP contribution is -2.37. The lowest BCUT2D eigenvalue weighted by molar-refractivity contribution is -0.114. The molecule has 2 aliphatic rings. The quantitative estimate of drug-likeness (QED) is 0.750. The van der Waals surface area contributed by atoms with Crippen LogP contribution in [0.25, 0.3) is 11.8 Å². The van der Waals surface area contributed by atoms with Crippen LogP contribution in [0, 0.1) is 19.3 Å². The number of aryl methyl sites for hydroxylation is 1. The Hall–Kier alpha value is -3.06. The number of hydrogen-bond donors (Lipinski definition) is 1. The van der Waals surface area contributed by atoms with Crippen molar-refractivity contribution in [2.45, 2.75) is 27.7 Å². The van der Waals surface area contributed by atoms with Gasteiger partial charge in [-0.3, -0.25) is 15.1 Å². The maximum absolute atomic E-state index is 12.5. The number of carbonyl (C=O) groups is 1. The SMILES string of the molecule is CCOc1ccc(-n2c(C)cc(/C=C3/C(=N)N4C(C)=CSC4=NC3=O)c2C)cc1. The van der Waals surface area contributed by atoms with E-state index in [0.29, 0.717) is 17.3 Å². The molecule has 148 valence electrons. The summed E-state index contributed by atoms with van der Waals surface area (Å²) in [5, 5.41) is 11.0. The third-order valence-electron chi connectivity index (χ3n) is 4.96. The fourth-order valence-electron chi connectivity index (χ4n) is 3.59. The normalized spacial score (nSPS) is 17.5. The van der Waals surface area contributed by atoms with Crippen molar-refractivity contribution in [2.24, 2.45) is 4.99 Å². The van der Waals surface area contributed by atoms with Crippen LogP contribution in [0.4, 0.5) is 0 Å². The maximum Gasteiger partial charge on any atom is 0.283 e. The van der Waals surface area contributed by atoms with Crippen LogP contribution in [0.5, 0.6) is 5.75 Å². The molecular weight excluding hydrogens is 384 g/mol. The summed E-state index contributed by atoms with van der Waals surface area (Å²) in [4.78, 5) is 18.4. The van der Waals surface area contributed by atoms with Crippen LogP contribution in [0.2, 0.25) is 0 Å². The number of aliphatic imine (C=N–C) groups is 1. The van der Waals surface area contributed by atoms with E-state index in [9.17, 15) is 4.79 Å². The first-order valence-corrected chi connectivity index (χ1v) is 10.3. The molecule has 0 spiro atoms. The van der Waals surface area contributed by atoms with Crippen molar-refractivity contribution < 1.29 is 9.53 Å². The average molecular weight is 407 g/mol. The number of carbonyl (C=O) groups excluding carboxylic acids is 1.